The van der Waals surface area contributed by atoms with Gasteiger partial charge in [-0.1, -0.05) is 30.3 Å². The molecule has 0 atom stereocenters. The van der Waals surface area contributed by atoms with Gasteiger partial charge in [0.1, 0.15) is 0 Å². The van der Waals surface area contributed by atoms with Crippen LogP contribution in [-0.4, -0.2) is 43.8 Å². The lowest BCUT2D eigenvalue weighted by molar-refractivity contribution is -0.145. The van der Waals surface area contributed by atoms with E-state index in [1.165, 1.54) is 6.20 Å². The van der Waals surface area contributed by atoms with Crippen LogP contribution in [0.5, 0.6) is 0 Å². The minimum atomic E-state index is -4.62. The highest BCUT2D eigenvalue weighted by Crippen LogP contribution is 2.36. The van der Waals surface area contributed by atoms with E-state index in [2.05, 4.69) is 19.9 Å². The summed E-state index contributed by atoms with van der Waals surface area (Å²) in [6.45, 7) is 0.869. The van der Waals surface area contributed by atoms with Crippen molar-refractivity contribution in [3.8, 4) is 11.1 Å². The maximum atomic E-state index is 13.3. The lowest BCUT2D eigenvalue weighted by Crippen LogP contribution is -2.38. The van der Waals surface area contributed by atoms with E-state index in [4.69, 9.17) is 0 Å². The topological polar surface area (TPSA) is 74.8 Å². The zero-order chi connectivity index (χ0) is 23.0. The molecule has 1 amide bonds. The lowest BCUT2D eigenvalue weighted by atomic mass is 9.88. The monoisotopic (exact) mass is 451 g/mol. The molecular formula is C24H20F3N5O. The second-order valence-electron chi connectivity index (χ2n) is 8.06. The molecule has 2 aromatic carbocycles. The number of halogens is 3. The lowest BCUT2D eigenvalue weighted by Gasteiger charge is -2.32. The number of alkyl halides is 3. The van der Waals surface area contributed by atoms with Crippen LogP contribution in [0.15, 0.2) is 61.1 Å². The number of amides is 1. The largest absolute Gasteiger partial charge is 0.451 e. The predicted molar refractivity (Wildman–Crippen MR) is 116 cm³/mol. The molecule has 3 heterocycles. The van der Waals surface area contributed by atoms with Crippen molar-refractivity contribution >= 4 is 16.9 Å². The summed E-state index contributed by atoms with van der Waals surface area (Å²) < 4.78 is 40.0. The summed E-state index contributed by atoms with van der Waals surface area (Å²) in [5.41, 5.74) is 3.86. The molecule has 0 spiro atoms. The fourth-order valence-electron chi connectivity index (χ4n) is 4.29. The number of aromatic amines is 1. The number of benzene rings is 2. The molecule has 5 rings (SSSR count). The van der Waals surface area contributed by atoms with Gasteiger partial charge >= 0.3 is 6.18 Å². The van der Waals surface area contributed by atoms with Crippen molar-refractivity contribution in [2.24, 2.45) is 0 Å². The van der Waals surface area contributed by atoms with E-state index in [1.807, 2.05) is 30.3 Å². The Morgan fingerprint density at radius 2 is 1.79 bits per heavy atom. The number of imidazole rings is 1. The highest BCUT2D eigenvalue weighted by atomic mass is 19.4. The maximum absolute atomic E-state index is 13.3. The van der Waals surface area contributed by atoms with Gasteiger partial charge in [-0.15, -0.1) is 0 Å². The summed E-state index contributed by atoms with van der Waals surface area (Å²) >= 11 is 0. The van der Waals surface area contributed by atoms with Crippen LogP contribution < -0.4 is 0 Å². The molecule has 0 unspecified atom stereocenters. The molecule has 0 radical (unpaired) electrons. The molecule has 1 aliphatic rings. The average Bonchev–Trinajstić information content (AvgIpc) is 3.31. The fraction of sp³-hybridized carbons (Fsp3) is 0.250. The first-order chi connectivity index (χ1) is 15.9. The second kappa shape index (κ2) is 8.31. The number of likely N-dealkylation sites (tertiary alicyclic amines) is 1. The highest BCUT2D eigenvalue weighted by molar-refractivity contribution is 5.97. The number of nitrogens with zero attached hydrogens (tertiary/aromatic N) is 4. The molecule has 0 saturated carbocycles. The summed E-state index contributed by atoms with van der Waals surface area (Å²) in [5.74, 6) is -1.45. The molecule has 1 fully saturated rings. The van der Waals surface area contributed by atoms with Crippen molar-refractivity contribution in [2.45, 2.75) is 24.9 Å². The molecule has 1 N–H and O–H groups in total. The van der Waals surface area contributed by atoms with Crippen LogP contribution in [0.25, 0.3) is 22.2 Å². The number of aromatic nitrogens is 4. The number of rotatable bonds is 3. The predicted octanol–water partition coefficient (Wildman–Crippen LogP) is 5.06. The van der Waals surface area contributed by atoms with Crippen molar-refractivity contribution in [3.63, 3.8) is 0 Å². The molecule has 0 aliphatic carbocycles. The molecule has 2 aromatic heterocycles. The average molecular weight is 451 g/mol. The number of H-pyrrole nitrogens is 1. The molecule has 168 valence electrons. The summed E-state index contributed by atoms with van der Waals surface area (Å²) in [7, 11) is 0. The van der Waals surface area contributed by atoms with Crippen LogP contribution >= 0.6 is 0 Å². The Balaban J connectivity index is 1.39. The summed E-state index contributed by atoms with van der Waals surface area (Å²) in [4.78, 5) is 29.4. The third kappa shape index (κ3) is 4.18. The van der Waals surface area contributed by atoms with Crippen LogP contribution in [0, 0.1) is 0 Å². The quantitative estimate of drug-likeness (QED) is 0.473. The molecule has 9 heteroatoms. The third-order valence-electron chi connectivity index (χ3n) is 5.99. The van der Waals surface area contributed by atoms with E-state index in [0.717, 1.165) is 16.6 Å². The van der Waals surface area contributed by atoms with Crippen LogP contribution in [0.4, 0.5) is 13.2 Å². The molecular weight excluding hydrogens is 431 g/mol. The summed E-state index contributed by atoms with van der Waals surface area (Å²) in [6.07, 6.45) is -0.742. The summed E-state index contributed by atoms with van der Waals surface area (Å²) in [6, 6.07) is 14.5. The van der Waals surface area contributed by atoms with Gasteiger partial charge in [0.25, 0.3) is 5.91 Å². The maximum Gasteiger partial charge on any atom is 0.451 e. The Morgan fingerprint density at radius 1 is 1.03 bits per heavy atom. The van der Waals surface area contributed by atoms with E-state index in [-0.39, 0.29) is 11.8 Å². The molecule has 1 aliphatic heterocycles. The third-order valence-corrected chi connectivity index (χ3v) is 5.99. The number of fused-ring (bicyclic) bond motifs is 1. The van der Waals surface area contributed by atoms with Crippen molar-refractivity contribution in [1.82, 2.24) is 24.8 Å². The number of piperidine rings is 1. The Morgan fingerprint density at radius 3 is 2.52 bits per heavy atom. The fourth-order valence-corrected chi connectivity index (χ4v) is 4.29. The van der Waals surface area contributed by atoms with Gasteiger partial charge in [0.05, 0.1) is 23.1 Å². The highest BCUT2D eigenvalue weighted by Gasteiger charge is 2.36. The van der Waals surface area contributed by atoms with Crippen LogP contribution in [0.2, 0.25) is 0 Å². The van der Waals surface area contributed by atoms with Crippen LogP contribution in [-0.2, 0) is 6.18 Å². The van der Waals surface area contributed by atoms with Crippen molar-refractivity contribution in [3.05, 3.63) is 78.1 Å². The first kappa shape index (κ1) is 21.1. The van der Waals surface area contributed by atoms with Gasteiger partial charge in [-0.25, -0.2) is 15.0 Å². The van der Waals surface area contributed by atoms with E-state index in [9.17, 15) is 18.0 Å². The minimum Gasteiger partial charge on any atom is -0.345 e. The number of nitrogens with one attached hydrogen (secondary N) is 1. The number of hydrogen-bond donors (Lipinski definition) is 1. The van der Waals surface area contributed by atoms with Gasteiger partial charge in [-0.2, -0.15) is 13.2 Å². The van der Waals surface area contributed by atoms with E-state index >= 15 is 0 Å². The zero-order valence-electron chi connectivity index (χ0n) is 17.5. The van der Waals surface area contributed by atoms with E-state index < -0.39 is 12.0 Å². The van der Waals surface area contributed by atoms with E-state index in [1.54, 1.807) is 29.4 Å². The van der Waals surface area contributed by atoms with Crippen LogP contribution in [0.3, 0.4) is 0 Å². The Kier molecular flexibility index (Phi) is 5.32. The molecule has 33 heavy (non-hydrogen) atoms. The van der Waals surface area contributed by atoms with Crippen molar-refractivity contribution in [1.29, 1.82) is 0 Å². The molecule has 4 aromatic rings. The smallest absolute Gasteiger partial charge is 0.345 e. The van der Waals surface area contributed by atoms with Gasteiger partial charge in [0, 0.05) is 36.3 Å². The number of hydrogen-bond acceptors (Lipinski definition) is 4. The van der Waals surface area contributed by atoms with Crippen molar-refractivity contribution < 1.29 is 18.0 Å². The van der Waals surface area contributed by atoms with Gasteiger partial charge < -0.3 is 9.88 Å². The Bertz CT molecular complexity index is 1290. The number of carbonyl (C=O) groups excluding carboxylic acids is 1. The van der Waals surface area contributed by atoms with Crippen LogP contribution in [0.1, 0.15) is 40.6 Å². The Hall–Kier alpha value is -3.75. The molecule has 1 saturated heterocycles. The normalized spacial score (nSPS) is 15.2. The van der Waals surface area contributed by atoms with Gasteiger partial charge in [0.15, 0.2) is 0 Å². The summed E-state index contributed by atoms with van der Waals surface area (Å²) in [5, 5.41) is 0. The standard InChI is InChI=1S/C24H20F3N5O/c25-24(26,27)23-28-13-18(15-4-2-1-3-5-15)21(31-23)16-8-10-32(11-9-16)22(33)17-6-7-19-20(12-17)30-14-29-19/h1-7,12-14,16H,8-11H2,(H,29,30). The molecule has 6 nitrogen and oxygen atoms in total. The SMILES string of the molecule is O=C(c1ccc2nc[nH]c2c1)N1CCC(c2nc(C(F)(F)F)ncc2-c2ccccc2)CC1. The van der Waals surface area contributed by atoms with E-state index in [0.29, 0.717) is 42.8 Å². The first-order valence-electron chi connectivity index (χ1n) is 10.6. The van der Waals surface area contributed by atoms with Gasteiger partial charge in [0.2, 0.25) is 5.82 Å². The first-order valence-corrected chi connectivity index (χ1v) is 10.6. The van der Waals surface area contributed by atoms with Gasteiger partial charge in [-0.05, 0) is 36.6 Å². The number of carbonyl (C=O) groups is 1. The Labute approximate surface area is 187 Å². The van der Waals surface area contributed by atoms with Crippen molar-refractivity contribution in [2.75, 3.05) is 13.1 Å². The second-order valence-corrected chi connectivity index (χ2v) is 8.06. The van der Waals surface area contributed by atoms with Gasteiger partial charge in [-0.3, -0.25) is 4.79 Å². The zero-order valence-corrected chi connectivity index (χ0v) is 17.5. The molecule has 0 bridgehead atoms. The minimum absolute atomic E-state index is 0.105.